The van der Waals surface area contributed by atoms with Crippen molar-refractivity contribution in [1.29, 1.82) is 0 Å². The minimum atomic E-state index is -0.290. The lowest BCUT2D eigenvalue weighted by molar-refractivity contribution is 0.532. The lowest BCUT2D eigenvalue weighted by Gasteiger charge is -2.28. The largest absolute Gasteiger partial charge is 0.318 e. The molecule has 17 heavy (non-hydrogen) atoms. The van der Waals surface area contributed by atoms with Crippen LogP contribution in [0.3, 0.4) is 0 Å². The summed E-state index contributed by atoms with van der Waals surface area (Å²) in [6.07, 6.45) is 2.10. The van der Waals surface area contributed by atoms with Crippen LogP contribution in [0.1, 0.15) is 28.7 Å². The van der Waals surface area contributed by atoms with Crippen LogP contribution in [-0.2, 0) is 12.0 Å². The second-order valence-corrected chi connectivity index (χ2v) is 4.94. The standard InChI is InChI=1S/C16H17N/c1-12-6-2-4-8-14(12)16(17)11-10-13-7-3-5-9-15(13)16/h2-9H,10-11,17H2,1H3. The zero-order valence-electron chi connectivity index (χ0n) is 10.1. The molecule has 0 fully saturated rings. The van der Waals surface area contributed by atoms with E-state index < -0.39 is 0 Å². The van der Waals surface area contributed by atoms with Crippen molar-refractivity contribution in [2.24, 2.45) is 5.73 Å². The minimum Gasteiger partial charge on any atom is -0.318 e. The van der Waals surface area contributed by atoms with Crippen molar-refractivity contribution in [3.63, 3.8) is 0 Å². The van der Waals surface area contributed by atoms with E-state index >= 15 is 0 Å². The van der Waals surface area contributed by atoms with Crippen molar-refractivity contribution < 1.29 is 0 Å². The Morgan fingerprint density at radius 2 is 1.59 bits per heavy atom. The van der Waals surface area contributed by atoms with E-state index in [1.165, 1.54) is 22.3 Å². The predicted molar refractivity (Wildman–Crippen MR) is 70.9 cm³/mol. The molecule has 3 rings (SSSR count). The van der Waals surface area contributed by atoms with Crippen LogP contribution in [0, 0.1) is 6.92 Å². The predicted octanol–water partition coefficient (Wildman–Crippen LogP) is 3.14. The average Bonchev–Trinajstić information content (AvgIpc) is 2.70. The number of hydrogen-bond donors (Lipinski definition) is 1. The summed E-state index contributed by atoms with van der Waals surface area (Å²) < 4.78 is 0. The first-order valence-electron chi connectivity index (χ1n) is 6.15. The fourth-order valence-corrected chi connectivity index (χ4v) is 2.99. The fourth-order valence-electron chi connectivity index (χ4n) is 2.99. The van der Waals surface area contributed by atoms with E-state index in [1.54, 1.807) is 0 Å². The van der Waals surface area contributed by atoms with Gasteiger partial charge in [-0.2, -0.15) is 0 Å². The molecule has 0 saturated carbocycles. The summed E-state index contributed by atoms with van der Waals surface area (Å²) in [6, 6.07) is 17.0. The summed E-state index contributed by atoms with van der Waals surface area (Å²) in [4.78, 5) is 0. The lowest BCUT2D eigenvalue weighted by Crippen LogP contribution is -2.36. The van der Waals surface area contributed by atoms with Crippen LogP contribution in [0.2, 0.25) is 0 Å². The van der Waals surface area contributed by atoms with Crippen molar-refractivity contribution >= 4 is 0 Å². The van der Waals surface area contributed by atoms with Crippen LogP contribution in [0.4, 0.5) is 0 Å². The Kier molecular flexibility index (Phi) is 2.30. The second kappa shape index (κ2) is 3.71. The van der Waals surface area contributed by atoms with E-state index in [9.17, 15) is 0 Å². The SMILES string of the molecule is Cc1ccccc1C1(N)CCc2ccccc21. The Hall–Kier alpha value is -1.60. The quantitative estimate of drug-likeness (QED) is 0.789. The highest BCUT2D eigenvalue weighted by Gasteiger charge is 2.36. The molecular weight excluding hydrogens is 206 g/mol. The molecule has 0 aromatic heterocycles. The van der Waals surface area contributed by atoms with E-state index in [0.29, 0.717) is 0 Å². The second-order valence-electron chi connectivity index (χ2n) is 4.94. The van der Waals surface area contributed by atoms with Gasteiger partial charge in [-0.05, 0) is 42.0 Å². The number of benzene rings is 2. The normalized spacial score (nSPS) is 22.5. The fraction of sp³-hybridized carbons (Fsp3) is 0.250. The molecule has 2 N–H and O–H groups in total. The van der Waals surface area contributed by atoms with Crippen LogP contribution in [0.25, 0.3) is 0 Å². The first-order chi connectivity index (χ1) is 8.22. The molecule has 1 aliphatic carbocycles. The lowest BCUT2D eigenvalue weighted by atomic mass is 9.83. The molecule has 1 heteroatoms. The number of fused-ring (bicyclic) bond motifs is 1. The summed E-state index contributed by atoms with van der Waals surface area (Å²) in [7, 11) is 0. The first kappa shape index (κ1) is 10.5. The maximum Gasteiger partial charge on any atom is 0.0674 e. The molecule has 0 amide bonds. The van der Waals surface area contributed by atoms with E-state index in [0.717, 1.165) is 12.8 Å². The molecule has 2 aromatic carbocycles. The molecule has 0 bridgehead atoms. The third-order valence-electron chi connectivity index (χ3n) is 3.91. The van der Waals surface area contributed by atoms with Gasteiger partial charge < -0.3 is 5.73 Å². The minimum absolute atomic E-state index is 0.290. The zero-order valence-corrected chi connectivity index (χ0v) is 10.1. The summed E-state index contributed by atoms with van der Waals surface area (Å²) in [5.74, 6) is 0. The van der Waals surface area contributed by atoms with Crippen LogP contribution in [-0.4, -0.2) is 0 Å². The summed E-state index contributed by atoms with van der Waals surface area (Å²) in [5, 5.41) is 0. The third-order valence-corrected chi connectivity index (χ3v) is 3.91. The van der Waals surface area contributed by atoms with Crippen LogP contribution in [0.5, 0.6) is 0 Å². The molecule has 1 aliphatic rings. The van der Waals surface area contributed by atoms with Gasteiger partial charge in [0.2, 0.25) is 0 Å². The van der Waals surface area contributed by atoms with Crippen LogP contribution < -0.4 is 5.73 Å². The number of nitrogens with two attached hydrogens (primary N) is 1. The maximum atomic E-state index is 6.69. The molecule has 0 aliphatic heterocycles. The van der Waals surface area contributed by atoms with Crippen LogP contribution in [0.15, 0.2) is 48.5 Å². The Balaban J connectivity index is 2.19. The van der Waals surface area contributed by atoms with Gasteiger partial charge in [0.05, 0.1) is 5.54 Å². The Bertz CT molecular complexity index is 559. The summed E-state index contributed by atoms with van der Waals surface area (Å²) in [6.45, 7) is 2.14. The maximum absolute atomic E-state index is 6.69. The van der Waals surface area contributed by atoms with Crippen molar-refractivity contribution in [2.45, 2.75) is 25.3 Å². The Labute approximate surface area is 102 Å². The monoisotopic (exact) mass is 223 g/mol. The van der Waals surface area contributed by atoms with E-state index in [-0.39, 0.29) is 5.54 Å². The molecule has 0 radical (unpaired) electrons. The molecule has 0 saturated heterocycles. The van der Waals surface area contributed by atoms with Gasteiger partial charge in [-0.25, -0.2) is 0 Å². The van der Waals surface area contributed by atoms with Crippen molar-refractivity contribution in [3.8, 4) is 0 Å². The van der Waals surface area contributed by atoms with Gasteiger partial charge >= 0.3 is 0 Å². The summed E-state index contributed by atoms with van der Waals surface area (Å²) in [5.41, 5.74) is 11.7. The van der Waals surface area contributed by atoms with Gasteiger partial charge in [0.25, 0.3) is 0 Å². The number of rotatable bonds is 1. The molecule has 0 spiro atoms. The average molecular weight is 223 g/mol. The molecule has 1 atom stereocenters. The highest BCUT2D eigenvalue weighted by molar-refractivity contribution is 5.48. The highest BCUT2D eigenvalue weighted by atomic mass is 14.8. The van der Waals surface area contributed by atoms with Gasteiger partial charge in [-0.1, -0.05) is 48.5 Å². The van der Waals surface area contributed by atoms with Crippen molar-refractivity contribution in [1.82, 2.24) is 0 Å². The van der Waals surface area contributed by atoms with Crippen molar-refractivity contribution in [3.05, 3.63) is 70.8 Å². The van der Waals surface area contributed by atoms with Gasteiger partial charge in [-0.15, -0.1) is 0 Å². The summed E-state index contributed by atoms with van der Waals surface area (Å²) >= 11 is 0. The van der Waals surface area contributed by atoms with Gasteiger partial charge in [0, 0.05) is 0 Å². The first-order valence-corrected chi connectivity index (χ1v) is 6.15. The Morgan fingerprint density at radius 3 is 2.35 bits per heavy atom. The van der Waals surface area contributed by atoms with E-state index in [1.807, 2.05) is 0 Å². The van der Waals surface area contributed by atoms with Crippen molar-refractivity contribution in [2.75, 3.05) is 0 Å². The number of aryl methyl sites for hydroxylation is 2. The van der Waals surface area contributed by atoms with Gasteiger partial charge in [0.15, 0.2) is 0 Å². The molecule has 1 unspecified atom stereocenters. The van der Waals surface area contributed by atoms with E-state index in [4.69, 9.17) is 5.73 Å². The molecule has 2 aromatic rings. The smallest absolute Gasteiger partial charge is 0.0674 e. The Morgan fingerprint density at radius 1 is 0.941 bits per heavy atom. The van der Waals surface area contributed by atoms with Gasteiger partial charge in [-0.3, -0.25) is 0 Å². The molecule has 1 nitrogen and oxygen atoms in total. The molecule has 0 heterocycles. The zero-order chi connectivity index (χ0) is 11.9. The number of hydrogen-bond acceptors (Lipinski definition) is 1. The third kappa shape index (κ3) is 1.50. The molecule has 86 valence electrons. The highest BCUT2D eigenvalue weighted by Crippen LogP contribution is 2.40. The van der Waals surface area contributed by atoms with Gasteiger partial charge in [0.1, 0.15) is 0 Å². The molecular formula is C16H17N. The van der Waals surface area contributed by atoms with E-state index in [2.05, 4.69) is 55.5 Å². The topological polar surface area (TPSA) is 26.0 Å². The van der Waals surface area contributed by atoms with Crippen LogP contribution >= 0.6 is 0 Å².